The number of nitrogens with one attached hydrogen (secondary N) is 2. The number of carboxylic acids is 1. The topological polar surface area (TPSA) is 110 Å². The number of aromatic nitrogens is 1. The maximum Gasteiger partial charge on any atom is 0.407 e. The number of aliphatic carboxylic acids is 1. The van der Waals surface area contributed by atoms with Crippen molar-refractivity contribution in [1.82, 2.24) is 10.3 Å². The van der Waals surface area contributed by atoms with Crippen LogP contribution >= 0.6 is 0 Å². The largest absolute Gasteiger partial charge is 0.480 e. The van der Waals surface area contributed by atoms with Gasteiger partial charge in [0.2, 0.25) is 0 Å². The summed E-state index contributed by atoms with van der Waals surface area (Å²) in [5.74, 6) is -0.444. The maximum absolute atomic E-state index is 11.7. The van der Waals surface area contributed by atoms with Crippen LogP contribution in [0.1, 0.15) is 12.0 Å². The van der Waals surface area contributed by atoms with Gasteiger partial charge in [-0.15, -0.1) is 0 Å². The van der Waals surface area contributed by atoms with Crippen LogP contribution in [0.25, 0.3) is 0 Å². The molecule has 1 aromatic carbocycles. The van der Waals surface area contributed by atoms with Crippen LogP contribution in [0.3, 0.4) is 0 Å². The number of benzene rings is 1. The summed E-state index contributed by atoms with van der Waals surface area (Å²) in [6, 6.07) is 13.7. The third-order valence-electron chi connectivity index (χ3n) is 3.51. The van der Waals surface area contributed by atoms with Gasteiger partial charge in [-0.2, -0.15) is 0 Å². The molecule has 1 atom stereocenters. The zero-order valence-electron chi connectivity index (χ0n) is 14.8. The van der Waals surface area contributed by atoms with Gasteiger partial charge in [0.25, 0.3) is 0 Å². The van der Waals surface area contributed by atoms with Crippen LogP contribution in [-0.2, 0) is 20.9 Å². The van der Waals surface area contributed by atoms with Gasteiger partial charge in [0.05, 0.1) is 19.8 Å². The first-order valence-corrected chi connectivity index (χ1v) is 8.58. The number of carbonyl (C=O) groups is 2. The lowest BCUT2D eigenvalue weighted by Crippen LogP contribution is -2.44. The first-order chi connectivity index (χ1) is 13.1. The molecule has 2 aromatic rings. The van der Waals surface area contributed by atoms with Crippen molar-refractivity contribution in [1.29, 1.82) is 0 Å². The number of carboxylic acid groups (broad SMARTS) is 1. The predicted molar refractivity (Wildman–Crippen MR) is 99.3 cm³/mol. The van der Waals surface area contributed by atoms with Crippen LogP contribution in [0.2, 0.25) is 0 Å². The number of hydrogen-bond acceptors (Lipinski definition) is 6. The summed E-state index contributed by atoms with van der Waals surface area (Å²) in [7, 11) is 0. The van der Waals surface area contributed by atoms with Gasteiger partial charge in [-0.1, -0.05) is 36.4 Å². The van der Waals surface area contributed by atoms with E-state index in [1.807, 2.05) is 48.5 Å². The molecule has 0 radical (unpaired) electrons. The number of hydrogen-bond donors (Lipinski definition) is 3. The molecule has 8 heteroatoms. The molecule has 1 unspecified atom stereocenters. The molecule has 0 bridgehead atoms. The average Bonchev–Trinajstić information content (AvgIpc) is 2.68. The van der Waals surface area contributed by atoms with Crippen molar-refractivity contribution in [3.05, 3.63) is 60.3 Å². The number of anilines is 1. The van der Waals surface area contributed by atoms with E-state index < -0.39 is 18.1 Å². The van der Waals surface area contributed by atoms with E-state index in [4.69, 9.17) is 9.47 Å². The van der Waals surface area contributed by atoms with Crippen LogP contribution in [-0.4, -0.2) is 48.0 Å². The Morgan fingerprint density at radius 2 is 1.89 bits per heavy atom. The first-order valence-electron chi connectivity index (χ1n) is 8.58. The summed E-state index contributed by atoms with van der Waals surface area (Å²) in [5.41, 5.74) is 0.921. The van der Waals surface area contributed by atoms with Crippen molar-refractivity contribution in [3.63, 3.8) is 0 Å². The average molecular weight is 373 g/mol. The minimum atomic E-state index is -1.18. The second-order valence-corrected chi connectivity index (χ2v) is 5.67. The molecule has 0 aliphatic carbocycles. The molecule has 3 N–H and O–H groups in total. The van der Waals surface area contributed by atoms with Gasteiger partial charge in [-0.3, -0.25) is 0 Å². The summed E-state index contributed by atoms with van der Waals surface area (Å²) >= 11 is 0. The number of ether oxygens (including phenoxy) is 2. The van der Waals surface area contributed by atoms with Crippen molar-refractivity contribution in [2.45, 2.75) is 19.1 Å². The van der Waals surface area contributed by atoms with Gasteiger partial charge in [-0.05, 0) is 24.1 Å². The van der Waals surface area contributed by atoms with Gasteiger partial charge in [0.1, 0.15) is 5.82 Å². The lowest BCUT2D eigenvalue weighted by molar-refractivity contribution is -0.141. The summed E-state index contributed by atoms with van der Waals surface area (Å²) in [5, 5.41) is 14.6. The highest BCUT2D eigenvalue weighted by atomic mass is 16.5. The van der Waals surface area contributed by atoms with Gasteiger partial charge in [-0.25, -0.2) is 14.6 Å². The Labute approximate surface area is 157 Å². The Balaban J connectivity index is 1.61. The number of nitrogens with zero attached hydrogens (tertiary/aromatic N) is 1. The molecule has 0 saturated heterocycles. The molecule has 27 heavy (non-hydrogen) atoms. The molecule has 0 aliphatic heterocycles. The molecule has 2 rings (SSSR count). The zero-order valence-corrected chi connectivity index (χ0v) is 14.8. The second kappa shape index (κ2) is 11.5. The fraction of sp³-hybridized carbons (Fsp3) is 0.316. The third kappa shape index (κ3) is 8.19. The van der Waals surface area contributed by atoms with Gasteiger partial charge in [0.15, 0.2) is 6.04 Å². The Bertz CT molecular complexity index is 697. The fourth-order valence-corrected chi connectivity index (χ4v) is 2.15. The van der Waals surface area contributed by atoms with Gasteiger partial charge >= 0.3 is 12.1 Å². The van der Waals surface area contributed by atoms with E-state index in [1.165, 1.54) is 0 Å². The summed E-state index contributed by atoms with van der Waals surface area (Å²) in [6.07, 6.45) is 1.45. The lowest BCUT2D eigenvalue weighted by atomic mass is 10.2. The second-order valence-electron chi connectivity index (χ2n) is 5.67. The Kier molecular flexibility index (Phi) is 8.58. The van der Waals surface area contributed by atoms with Crippen molar-refractivity contribution < 1.29 is 24.2 Å². The molecule has 0 spiro atoms. The molecule has 8 nitrogen and oxygen atoms in total. The van der Waals surface area contributed by atoms with E-state index in [2.05, 4.69) is 15.6 Å². The number of rotatable bonds is 11. The smallest absolute Gasteiger partial charge is 0.407 e. The maximum atomic E-state index is 11.7. The minimum Gasteiger partial charge on any atom is -0.480 e. The number of amides is 1. The number of pyridine rings is 1. The summed E-state index contributed by atoms with van der Waals surface area (Å²) in [4.78, 5) is 27.1. The van der Waals surface area contributed by atoms with E-state index in [9.17, 15) is 14.7 Å². The van der Waals surface area contributed by atoms with Crippen LogP contribution in [0.15, 0.2) is 54.7 Å². The Hall–Kier alpha value is -3.13. The van der Waals surface area contributed by atoms with E-state index in [1.54, 1.807) is 6.20 Å². The van der Waals surface area contributed by atoms with Crippen molar-refractivity contribution in [2.24, 2.45) is 0 Å². The fourth-order valence-electron chi connectivity index (χ4n) is 2.15. The molecule has 1 aromatic heterocycles. The van der Waals surface area contributed by atoms with E-state index in [0.717, 1.165) is 11.4 Å². The first kappa shape index (κ1) is 20.2. The zero-order chi connectivity index (χ0) is 19.3. The Morgan fingerprint density at radius 1 is 1.11 bits per heavy atom. The van der Waals surface area contributed by atoms with Crippen LogP contribution in [0.5, 0.6) is 0 Å². The highest BCUT2D eigenvalue weighted by Gasteiger charge is 2.20. The van der Waals surface area contributed by atoms with E-state index in [-0.39, 0.29) is 19.8 Å². The molecular formula is C19H23N3O5. The third-order valence-corrected chi connectivity index (χ3v) is 3.51. The number of alkyl carbamates (subject to hydrolysis) is 1. The van der Waals surface area contributed by atoms with E-state index >= 15 is 0 Å². The highest BCUT2D eigenvalue weighted by Crippen LogP contribution is 2.02. The van der Waals surface area contributed by atoms with Crippen molar-refractivity contribution in [2.75, 3.05) is 25.1 Å². The van der Waals surface area contributed by atoms with Crippen LogP contribution < -0.4 is 10.6 Å². The monoisotopic (exact) mass is 373 g/mol. The van der Waals surface area contributed by atoms with Crippen molar-refractivity contribution >= 4 is 17.9 Å². The molecular weight excluding hydrogens is 350 g/mol. The van der Waals surface area contributed by atoms with Gasteiger partial charge < -0.3 is 25.2 Å². The molecule has 144 valence electrons. The Morgan fingerprint density at radius 3 is 2.59 bits per heavy atom. The predicted octanol–water partition coefficient (Wildman–Crippen LogP) is 2.28. The minimum absolute atomic E-state index is 0.152. The molecule has 0 aliphatic rings. The quantitative estimate of drug-likeness (QED) is 0.518. The van der Waals surface area contributed by atoms with Crippen LogP contribution in [0.4, 0.5) is 10.6 Å². The van der Waals surface area contributed by atoms with Crippen LogP contribution in [0, 0.1) is 0 Å². The normalized spacial score (nSPS) is 11.4. The highest BCUT2D eigenvalue weighted by molar-refractivity contribution is 5.79. The summed E-state index contributed by atoms with van der Waals surface area (Å²) < 4.78 is 10.4. The molecule has 0 fully saturated rings. The molecule has 0 saturated carbocycles. The van der Waals surface area contributed by atoms with Crippen molar-refractivity contribution in [3.8, 4) is 0 Å². The SMILES string of the molecule is O=C(NC(COCc1ccccc1)C(=O)O)OCCCNc1ccccn1. The summed E-state index contributed by atoms with van der Waals surface area (Å²) in [6.45, 7) is 0.844. The number of carbonyl (C=O) groups excluding carboxylic acids is 1. The lowest BCUT2D eigenvalue weighted by Gasteiger charge is -2.15. The standard InChI is InChI=1S/C19H23N3O5/c23-18(24)16(14-26-13-15-7-2-1-3-8-15)22-19(25)27-12-6-11-21-17-9-4-5-10-20-17/h1-5,7-10,16H,6,11-14H2,(H,20,21)(H,22,25)(H,23,24). The van der Waals surface area contributed by atoms with Gasteiger partial charge in [0, 0.05) is 12.7 Å². The molecule has 1 heterocycles. The van der Waals surface area contributed by atoms with E-state index in [0.29, 0.717) is 13.0 Å². The molecule has 1 amide bonds.